The predicted molar refractivity (Wildman–Crippen MR) is 99.4 cm³/mol. The van der Waals surface area contributed by atoms with Crippen LogP contribution >= 0.6 is 0 Å². The lowest BCUT2D eigenvalue weighted by Crippen LogP contribution is -2.44. The van der Waals surface area contributed by atoms with Crippen molar-refractivity contribution >= 4 is 17.7 Å². The van der Waals surface area contributed by atoms with Crippen molar-refractivity contribution in [1.29, 1.82) is 0 Å². The molecule has 0 bridgehead atoms. The van der Waals surface area contributed by atoms with E-state index in [1.165, 1.54) is 0 Å². The van der Waals surface area contributed by atoms with E-state index in [1.807, 2.05) is 4.90 Å². The van der Waals surface area contributed by atoms with Gasteiger partial charge in [0.05, 0.1) is 31.3 Å². The Bertz CT molecular complexity index is 661. The van der Waals surface area contributed by atoms with Gasteiger partial charge >= 0.3 is 5.97 Å². The summed E-state index contributed by atoms with van der Waals surface area (Å²) >= 11 is 0. The highest BCUT2D eigenvalue weighted by molar-refractivity contribution is 5.82. The molecule has 0 radical (unpaired) electrons. The van der Waals surface area contributed by atoms with Gasteiger partial charge in [-0.1, -0.05) is 0 Å². The summed E-state index contributed by atoms with van der Waals surface area (Å²) in [5, 5.41) is 18.8. The fraction of sp³-hybridized carbons (Fsp3) is 0.722. The van der Waals surface area contributed by atoms with Crippen LogP contribution < -0.4 is 9.80 Å². The Morgan fingerprint density at radius 3 is 2.63 bits per heavy atom. The van der Waals surface area contributed by atoms with Crippen LogP contribution in [-0.2, 0) is 19.7 Å². The Hall–Kier alpha value is -1.97. The standard InChI is InChI=1S/C18H28N4O5/c1-18(2,16(24)25)14-11-19-17(20-15(14)21-4-8-26-9-5-21)22-6-10-27-13(12-22)3-7-23/h11,13,23H,3-10,12H2,1-2H3,(H,24,25)/t13-/m0/s1. The number of carboxylic acid groups (broad SMARTS) is 1. The summed E-state index contributed by atoms with van der Waals surface area (Å²) < 4.78 is 11.1. The van der Waals surface area contributed by atoms with Crippen molar-refractivity contribution in [1.82, 2.24) is 9.97 Å². The third-order valence-electron chi connectivity index (χ3n) is 5.15. The van der Waals surface area contributed by atoms with Gasteiger partial charge in [0.25, 0.3) is 0 Å². The number of hydrogen-bond donors (Lipinski definition) is 2. The molecule has 27 heavy (non-hydrogen) atoms. The second-order valence-corrected chi connectivity index (χ2v) is 7.39. The highest BCUT2D eigenvalue weighted by Crippen LogP contribution is 2.33. The summed E-state index contributed by atoms with van der Waals surface area (Å²) in [6.07, 6.45) is 2.14. The van der Waals surface area contributed by atoms with Gasteiger partial charge in [-0.3, -0.25) is 4.79 Å². The highest BCUT2D eigenvalue weighted by atomic mass is 16.5. The van der Waals surface area contributed by atoms with E-state index in [9.17, 15) is 9.90 Å². The second-order valence-electron chi connectivity index (χ2n) is 7.39. The van der Waals surface area contributed by atoms with E-state index in [1.54, 1.807) is 20.0 Å². The van der Waals surface area contributed by atoms with Crippen LogP contribution in [0.4, 0.5) is 11.8 Å². The maximum atomic E-state index is 11.8. The van der Waals surface area contributed by atoms with Gasteiger partial charge in [-0.25, -0.2) is 4.98 Å². The van der Waals surface area contributed by atoms with Crippen molar-refractivity contribution in [3.05, 3.63) is 11.8 Å². The molecule has 1 aromatic heterocycles. The molecule has 1 atom stereocenters. The fourth-order valence-corrected chi connectivity index (χ4v) is 3.31. The van der Waals surface area contributed by atoms with Crippen molar-refractivity contribution in [2.24, 2.45) is 0 Å². The van der Waals surface area contributed by atoms with Gasteiger partial charge in [0.1, 0.15) is 5.82 Å². The number of morpholine rings is 2. The van der Waals surface area contributed by atoms with Crippen LogP contribution in [0.5, 0.6) is 0 Å². The molecule has 0 unspecified atom stereocenters. The minimum Gasteiger partial charge on any atom is -0.481 e. The Balaban J connectivity index is 1.94. The van der Waals surface area contributed by atoms with Gasteiger partial charge in [0.2, 0.25) is 5.95 Å². The van der Waals surface area contributed by atoms with Gasteiger partial charge in [0, 0.05) is 44.5 Å². The molecule has 2 aliphatic rings. The lowest BCUT2D eigenvalue weighted by molar-refractivity contribution is -0.142. The van der Waals surface area contributed by atoms with Gasteiger partial charge in [-0.2, -0.15) is 4.98 Å². The summed E-state index contributed by atoms with van der Waals surface area (Å²) in [5.41, 5.74) is -0.503. The van der Waals surface area contributed by atoms with E-state index >= 15 is 0 Å². The van der Waals surface area contributed by atoms with E-state index < -0.39 is 11.4 Å². The second kappa shape index (κ2) is 8.37. The monoisotopic (exact) mass is 380 g/mol. The maximum absolute atomic E-state index is 11.8. The first-order valence-electron chi connectivity index (χ1n) is 9.34. The Morgan fingerprint density at radius 1 is 1.26 bits per heavy atom. The summed E-state index contributed by atoms with van der Waals surface area (Å²) in [5.74, 6) is 0.302. The molecule has 9 heteroatoms. The first-order valence-corrected chi connectivity index (χ1v) is 9.34. The highest BCUT2D eigenvalue weighted by Gasteiger charge is 2.35. The number of aliphatic hydroxyl groups is 1. The van der Waals surface area contributed by atoms with Crippen LogP contribution in [0.15, 0.2) is 6.20 Å². The molecule has 0 spiro atoms. The molecule has 3 heterocycles. The van der Waals surface area contributed by atoms with E-state index in [-0.39, 0.29) is 12.7 Å². The van der Waals surface area contributed by atoms with Crippen molar-refractivity contribution < 1.29 is 24.5 Å². The number of aliphatic hydroxyl groups excluding tert-OH is 1. The Labute approximate surface area is 158 Å². The van der Waals surface area contributed by atoms with Crippen LogP contribution in [0.1, 0.15) is 25.8 Å². The van der Waals surface area contributed by atoms with Gasteiger partial charge in [-0.05, 0) is 20.3 Å². The fourth-order valence-electron chi connectivity index (χ4n) is 3.31. The summed E-state index contributed by atoms with van der Waals surface area (Å²) in [6.45, 7) is 7.72. The zero-order chi connectivity index (χ0) is 19.4. The topological polar surface area (TPSA) is 108 Å². The van der Waals surface area contributed by atoms with E-state index in [0.29, 0.717) is 69.8 Å². The molecular weight excluding hydrogens is 352 g/mol. The van der Waals surface area contributed by atoms with Gasteiger partial charge < -0.3 is 29.5 Å². The molecule has 2 aliphatic heterocycles. The van der Waals surface area contributed by atoms with Gasteiger partial charge in [0.15, 0.2) is 0 Å². The van der Waals surface area contributed by atoms with E-state index in [2.05, 4.69) is 9.88 Å². The molecule has 150 valence electrons. The van der Waals surface area contributed by atoms with Crippen LogP contribution in [0.2, 0.25) is 0 Å². The lowest BCUT2D eigenvalue weighted by atomic mass is 9.85. The summed E-state index contributed by atoms with van der Waals surface area (Å²) in [4.78, 5) is 25.2. The zero-order valence-corrected chi connectivity index (χ0v) is 15.9. The van der Waals surface area contributed by atoms with E-state index in [4.69, 9.17) is 19.6 Å². The number of carbonyl (C=O) groups is 1. The van der Waals surface area contributed by atoms with Crippen molar-refractivity contribution in [2.45, 2.75) is 31.8 Å². The number of anilines is 2. The molecule has 2 N–H and O–H groups in total. The van der Waals surface area contributed by atoms with Crippen LogP contribution in [0, 0.1) is 0 Å². The molecule has 3 rings (SSSR count). The number of aliphatic carboxylic acids is 1. The molecule has 2 saturated heterocycles. The van der Waals surface area contributed by atoms with Gasteiger partial charge in [-0.15, -0.1) is 0 Å². The molecule has 0 saturated carbocycles. The minimum absolute atomic E-state index is 0.0608. The zero-order valence-electron chi connectivity index (χ0n) is 15.9. The van der Waals surface area contributed by atoms with E-state index in [0.717, 1.165) is 0 Å². The molecule has 1 aromatic rings. The first kappa shape index (κ1) is 19.8. The summed E-state index contributed by atoms with van der Waals surface area (Å²) in [7, 11) is 0. The normalized spacial score (nSPS) is 21.4. The van der Waals surface area contributed by atoms with Crippen LogP contribution in [-0.4, -0.2) is 84.9 Å². The molecule has 0 aromatic carbocycles. The number of aromatic nitrogens is 2. The average Bonchev–Trinajstić information content (AvgIpc) is 2.68. The molecule has 9 nitrogen and oxygen atoms in total. The summed E-state index contributed by atoms with van der Waals surface area (Å²) in [6, 6.07) is 0. The van der Waals surface area contributed by atoms with Crippen molar-refractivity contribution in [3.63, 3.8) is 0 Å². The third-order valence-corrected chi connectivity index (χ3v) is 5.15. The molecular formula is C18H28N4O5. The quantitative estimate of drug-likeness (QED) is 0.718. The first-order chi connectivity index (χ1) is 12.9. The number of carboxylic acids is 1. The van der Waals surface area contributed by atoms with Crippen LogP contribution in [0.3, 0.4) is 0 Å². The predicted octanol–water partition coefficient (Wildman–Crippen LogP) is 0.263. The minimum atomic E-state index is -1.10. The lowest BCUT2D eigenvalue weighted by Gasteiger charge is -2.35. The van der Waals surface area contributed by atoms with Crippen molar-refractivity contribution in [2.75, 3.05) is 62.4 Å². The molecule has 2 fully saturated rings. The Kier molecular flexibility index (Phi) is 6.13. The number of rotatable bonds is 6. The number of nitrogens with zero attached hydrogens (tertiary/aromatic N) is 4. The molecule has 0 aliphatic carbocycles. The largest absolute Gasteiger partial charge is 0.481 e. The average molecular weight is 380 g/mol. The molecule has 0 amide bonds. The number of hydrogen-bond acceptors (Lipinski definition) is 8. The Morgan fingerprint density at radius 2 is 1.96 bits per heavy atom. The third kappa shape index (κ3) is 4.31. The van der Waals surface area contributed by atoms with Crippen LogP contribution in [0.25, 0.3) is 0 Å². The smallest absolute Gasteiger partial charge is 0.313 e. The van der Waals surface area contributed by atoms with Crippen molar-refractivity contribution in [3.8, 4) is 0 Å². The number of ether oxygens (including phenoxy) is 2. The SMILES string of the molecule is CC(C)(C(=O)O)c1cnc(N2CCO[C@@H](CCO)C2)nc1N1CCOCC1. The maximum Gasteiger partial charge on any atom is 0.313 e.